The summed E-state index contributed by atoms with van der Waals surface area (Å²) >= 11 is 0. The van der Waals surface area contributed by atoms with Crippen molar-refractivity contribution in [2.45, 2.75) is 19.6 Å². The Morgan fingerprint density at radius 1 is 1.44 bits per heavy atom. The molecule has 0 spiro atoms. The van der Waals surface area contributed by atoms with Crippen LogP contribution >= 0.6 is 0 Å². The number of aliphatic hydroxyl groups excluding tert-OH is 1. The van der Waals surface area contributed by atoms with Gasteiger partial charge in [-0.1, -0.05) is 6.92 Å². The van der Waals surface area contributed by atoms with Gasteiger partial charge in [-0.05, 0) is 5.92 Å². The van der Waals surface area contributed by atoms with Gasteiger partial charge in [0.2, 0.25) is 0 Å². The molecule has 0 amide bonds. The number of nitrogen functional groups attached to an aromatic ring is 1. The van der Waals surface area contributed by atoms with Gasteiger partial charge in [0, 0.05) is 19.6 Å². The quantitative estimate of drug-likeness (QED) is 0.677. The van der Waals surface area contributed by atoms with E-state index >= 15 is 0 Å². The fourth-order valence-electron chi connectivity index (χ4n) is 2.41. The van der Waals surface area contributed by atoms with E-state index in [4.69, 9.17) is 5.73 Å². The Balaban J connectivity index is 1.85. The average molecular weight is 248 g/mol. The molecule has 0 bridgehead atoms. The minimum Gasteiger partial charge on any atom is -0.391 e. The van der Waals surface area contributed by atoms with Crippen LogP contribution in [0.1, 0.15) is 12.6 Å². The van der Waals surface area contributed by atoms with Crippen molar-refractivity contribution < 1.29 is 5.11 Å². The van der Waals surface area contributed by atoms with Crippen LogP contribution in [0.15, 0.2) is 6.33 Å². The van der Waals surface area contributed by atoms with Gasteiger partial charge in [0.25, 0.3) is 0 Å². The standard InChI is InChI=1S/C11H16N6O/c1-6-2-17(4-8(6)18)3-7-9-10(16-15-7)11(12)14-5-13-9/h5-6,8,18H,2-4H2,1H3,(H,15,16)(H2,12,13,14)/t6-,8-/m1/s1. The van der Waals surface area contributed by atoms with Gasteiger partial charge in [-0.15, -0.1) is 0 Å². The molecule has 3 rings (SSSR count). The molecule has 1 aliphatic rings. The molecule has 7 heteroatoms. The molecule has 2 aromatic heterocycles. The molecule has 1 fully saturated rings. The monoisotopic (exact) mass is 248 g/mol. The molecule has 4 N–H and O–H groups in total. The zero-order valence-electron chi connectivity index (χ0n) is 10.2. The molecule has 0 aliphatic carbocycles. The number of β-amino-alcohol motifs (C(OH)–C–C–N with tert-alkyl or cyclic N) is 1. The number of hydrogen-bond acceptors (Lipinski definition) is 6. The van der Waals surface area contributed by atoms with Gasteiger partial charge < -0.3 is 10.8 Å². The molecule has 0 saturated carbocycles. The molecule has 3 heterocycles. The highest BCUT2D eigenvalue weighted by Crippen LogP contribution is 2.22. The number of nitrogens with two attached hydrogens (primary N) is 1. The topological polar surface area (TPSA) is 104 Å². The SMILES string of the molecule is C[C@@H]1CN(Cc2[nH]nc3c(N)ncnc23)C[C@H]1O. The van der Waals surface area contributed by atoms with E-state index < -0.39 is 0 Å². The highest BCUT2D eigenvalue weighted by molar-refractivity contribution is 5.85. The molecule has 96 valence electrons. The van der Waals surface area contributed by atoms with Crippen LogP contribution in [0, 0.1) is 5.92 Å². The normalized spacial score (nSPS) is 25.0. The van der Waals surface area contributed by atoms with Gasteiger partial charge in [-0.3, -0.25) is 10.00 Å². The van der Waals surface area contributed by atoms with Gasteiger partial charge in [-0.25, -0.2) is 9.97 Å². The van der Waals surface area contributed by atoms with Crippen molar-refractivity contribution in [2.75, 3.05) is 18.8 Å². The fraction of sp³-hybridized carbons (Fsp3) is 0.545. The van der Waals surface area contributed by atoms with E-state index in [1.807, 2.05) is 0 Å². The number of rotatable bonds is 2. The molecular weight excluding hydrogens is 232 g/mol. The number of H-pyrrole nitrogens is 1. The van der Waals surface area contributed by atoms with Crippen molar-refractivity contribution in [3.8, 4) is 0 Å². The number of hydrogen-bond donors (Lipinski definition) is 3. The fourth-order valence-corrected chi connectivity index (χ4v) is 2.41. The van der Waals surface area contributed by atoms with Crippen LogP contribution in [0.2, 0.25) is 0 Å². The third-order valence-electron chi connectivity index (χ3n) is 3.47. The molecule has 2 aromatic rings. The first kappa shape index (κ1) is 11.4. The third kappa shape index (κ3) is 1.81. The summed E-state index contributed by atoms with van der Waals surface area (Å²) in [7, 11) is 0. The lowest BCUT2D eigenvalue weighted by molar-refractivity contribution is 0.147. The molecule has 1 aliphatic heterocycles. The second kappa shape index (κ2) is 4.18. The molecular formula is C11H16N6O. The summed E-state index contributed by atoms with van der Waals surface area (Å²) in [5, 5.41) is 16.8. The van der Waals surface area contributed by atoms with Crippen LogP contribution in [0.4, 0.5) is 5.82 Å². The van der Waals surface area contributed by atoms with E-state index in [-0.39, 0.29) is 6.10 Å². The second-order valence-electron chi connectivity index (χ2n) is 4.90. The molecule has 0 unspecified atom stereocenters. The summed E-state index contributed by atoms with van der Waals surface area (Å²) < 4.78 is 0. The number of aliphatic hydroxyl groups is 1. The Hall–Kier alpha value is -1.73. The minimum absolute atomic E-state index is 0.251. The number of anilines is 1. The Morgan fingerprint density at radius 3 is 3.00 bits per heavy atom. The number of nitrogens with zero attached hydrogens (tertiary/aromatic N) is 4. The first-order valence-corrected chi connectivity index (χ1v) is 5.99. The van der Waals surface area contributed by atoms with E-state index in [0.29, 0.717) is 30.3 Å². The van der Waals surface area contributed by atoms with Crippen molar-refractivity contribution in [1.82, 2.24) is 25.1 Å². The summed E-state index contributed by atoms with van der Waals surface area (Å²) in [6.07, 6.45) is 1.19. The Bertz CT molecular complexity index is 558. The van der Waals surface area contributed by atoms with Gasteiger partial charge in [0.05, 0.1) is 11.8 Å². The van der Waals surface area contributed by atoms with Crippen LogP contribution in [0.3, 0.4) is 0 Å². The minimum atomic E-state index is -0.251. The maximum Gasteiger partial charge on any atom is 0.155 e. The van der Waals surface area contributed by atoms with Crippen molar-refractivity contribution in [2.24, 2.45) is 5.92 Å². The van der Waals surface area contributed by atoms with E-state index in [2.05, 4.69) is 32.0 Å². The highest BCUT2D eigenvalue weighted by Gasteiger charge is 2.28. The first-order valence-electron chi connectivity index (χ1n) is 5.99. The van der Waals surface area contributed by atoms with Gasteiger partial charge in [0.15, 0.2) is 11.3 Å². The zero-order chi connectivity index (χ0) is 12.7. The van der Waals surface area contributed by atoms with E-state index in [0.717, 1.165) is 17.8 Å². The average Bonchev–Trinajstić information content (AvgIpc) is 2.86. The summed E-state index contributed by atoms with van der Waals surface area (Å²) in [6.45, 7) is 4.30. The lowest BCUT2D eigenvalue weighted by Crippen LogP contribution is -2.21. The first-order chi connectivity index (χ1) is 8.65. The molecule has 1 saturated heterocycles. The van der Waals surface area contributed by atoms with Crippen molar-refractivity contribution in [3.05, 3.63) is 12.0 Å². The van der Waals surface area contributed by atoms with Crippen LogP contribution in [-0.2, 0) is 6.54 Å². The molecule has 2 atom stereocenters. The summed E-state index contributed by atoms with van der Waals surface area (Å²) in [5.74, 6) is 0.691. The molecule has 0 aromatic carbocycles. The lowest BCUT2D eigenvalue weighted by atomic mass is 10.1. The number of nitrogens with one attached hydrogen (secondary N) is 1. The van der Waals surface area contributed by atoms with Crippen molar-refractivity contribution in [1.29, 1.82) is 0 Å². The summed E-state index contributed by atoms with van der Waals surface area (Å²) in [6, 6.07) is 0. The molecule has 0 radical (unpaired) electrons. The highest BCUT2D eigenvalue weighted by atomic mass is 16.3. The van der Waals surface area contributed by atoms with Gasteiger partial charge in [-0.2, -0.15) is 5.10 Å². The number of likely N-dealkylation sites (tertiary alicyclic amines) is 1. The predicted molar refractivity (Wildman–Crippen MR) is 66.5 cm³/mol. The lowest BCUT2D eigenvalue weighted by Gasteiger charge is -2.13. The summed E-state index contributed by atoms with van der Waals surface area (Å²) in [5.41, 5.74) is 8.02. The molecule has 18 heavy (non-hydrogen) atoms. The predicted octanol–water partition coefficient (Wildman–Crippen LogP) is -0.252. The van der Waals surface area contributed by atoms with Gasteiger partial charge >= 0.3 is 0 Å². The largest absolute Gasteiger partial charge is 0.391 e. The van der Waals surface area contributed by atoms with E-state index in [1.165, 1.54) is 6.33 Å². The molecule has 7 nitrogen and oxygen atoms in total. The third-order valence-corrected chi connectivity index (χ3v) is 3.47. The van der Waals surface area contributed by atoms with Crippen LogP contribution in [-0.4, -0.2) is 49.4 Å². The van der Waals surface area contributed by atoms with Crippen molar-refractivity contribution in [3.63, 3.8) is 0 Å². The maximum atomic E-state index is 9.74. The number of aromatic amines is 1. The van der Waals surface area contributed by atoms with Crippen LogP contribution < -0.4 is 5.73 Å². The van der Waals surface area contributed by atoms with E-state index in [1.54, 1.807) is 0 Å². The second-order valence-corrected chi connectivity index (χ2v) is 4.90. The Labute approximate surface area is 104 Å². The summed E-state index contributed by atoms with van der Waals surface area (Å²) in [4.78, 5) is 10.3. The van der Waals surface area contributed by atoms with Crippen LogP contribution in [0.5, 0.6) is 0 Å². The zero-order valence-corrected chi connectivity index (χ0v) is 10.2. The van der Waals surface area contributed by atoms with Gasteiger partial charge in [0.1, 0.15) is 11.8 Å². The smallest absolute Gasteiger partial charge is 0.155 e. The number of aromatic nitrogens is 4. The van der Waals surface area contributed by atoms with Crippen LogP contribution in [0.25, 0.3) is 11.0 Å². The van der Waals surface area contributed by atoms with Crippen molar-refractivity contribution >= 4 is 16.9 Å². The number of fused-ring (bicyclic) bond motifs is 1. The maximum absolute atomic E-state index is 9.74. The Kier molecular flexibility index (Phi) is 2.64. The Morgan fingerprint density at radius 2 is 2.28 bits per heavy atom. The van der Waals surface area contributed by atoms with E-state index in [9.17, 15) is 5.11 Å².